The van der Waals surface area contributed by atoms with Crippen molar-refractivity contribution in [2.24, 2.45) is 0 Å². The van der Waals surface area contributed by atoms with Gasteiger partial charge in [-0.05, 0) is 37.3 Å². The molecule has 0 saturated carbocycles. The van der Waals surface area contributed by atoms with Crippen molar-refractivity contribution in [1.29, 1.82) is 0 Å². The van der Waals surface area contributed by atoms with Gasteiger partial charge in [0, 0.05) is 5.56 Å². The number of Topliss-reactive ketones (excluding diaryl/α,β-unsaturated/α-hetero) is 1. The van der Waals surface area contributed by atoms with Crippen LogP contribution in [0.1, 0.15) is 27.6 Å². The van der Waals surface area contributed by atoms with E-state index in [9.17, 15) is 23.6 Å². The largest absolute Gasteiger partial charge is 0.493 e. The molecule has 0 aromatic heterocycles. The first-order valence-corrected chi connectivity index (χ1v) is 8.63. The molecule has 0 fully saturated rings. The molecule has 2 amide bonds. The average Bonchev–Trinajstić information content (AvgIpc) is 2.74. The summed E-state index contributed by atoms with van der Waals surface area (Å²) in [6.45, 7) is 0.182. The van der Waals surface area contributed by atoms with E-state index in [-0.39, 0.29) is 22.8 Å². The number of nitrogens with one attached hydrogen (secondary N) is 2. The summed E-state index contributed by atoms with van der Waals surface area (Å²) in [5.41, 5.74) is 4.16. The molecule has 0 radical (unpaired) electrons. The number of halogens is 1. The van der Waals surface area contributed by atoms with Gasteiger partial charge in [0.25, 0.3) is 11.8 Å². The molecule has 0 aliphatic carbocycles. The SMILES string of the molecule is COc1cc(C(C)=O)ccc1OCC(=O)OCC(=O)NNC(=O)c1ccccc1F. The van der Waals surface area contributed by atoms with Gasteiger partial charge in [-0.2, -0.15) is 0 Å². The molecular formula is C20H19FN2O7. The number of hydrazine groups is 1. The van der Waals surface area contributed by atoms with Crippen LogP contribution in [-0.2, 0) is 14.3 Å². The van der Waals surface area contributed by atoms with E-state index in [0.29, 0.717) is 5.56 Å². The lowest BCUT2D eigenvalue weighted by Gasteiger charge is -2.11. The van der Waals surface area contributed by atoms with Gasteiger partial charge in [-0.1, -0.05) is 12.1 Å². The average molecular weight is 418 g/mol. The molecule has 2 rings (SSSR count). The molecule has 2 N–H and O–H groups in total. The maximum absolute atomic E-state index is 13.5. The maximum Gasteiger partial charge on any atom is 0.344 e. The Morgan fingerprint density at radius 2 is 1.70 bits per heavy atom. The Kier molecular flexibility index (Phi) is 7.86. The lowest BCUT2D eigenvalue weighted by atomic mass is 10.1. The minimum Gasteiger partial charge on any atom is -0.493 e. The van der Waals surface area contributed by atoms with Crippen LogP contribution in [0.4, 0.5) is 4.39 Å². The molecular weight excluding hydrogens is 399 g/mol. The smallest absolute Gasteiger partial charge is 0.344 e. The Morgan fingerprint density at radius 3 is 2.37 bits per heavy atom. The number of carbonyl (C=O) groups excluding carboxylic acids is 4. The Morgan fingerprint density at radius 1 is 0.967 bits per heavy atom. The summed E-state index contributed by atoms with van der Waals surface area (Å²) < 4.78 is 28.6. The molecule has 10 heteroatoms. The molecule has 0 unspecified atom stereocenters. The third-order valence-electron chi connectivity index (χ3n) is 3.71. The predicted molar refractivity (Wildman–Crippen MR) is 101 cm³/mol. The van der Waals surface area contributed by atoms with E-state index in [1.54, 1.807) is 0 Å². The van der Waals surface area contributed by atoms with Gasteiger partial charge in [0.15, 0.2) is 30.5 Å². The number of ether oxygens (including phenoxy) is 3. The first-order chi connectivity index (χ1) is 14.3. The lowest BCUT2D eigenvalue weighted by Crippen LogP contribution is -2.44. The highest BCUT2D eigenvalue weighted by molar-refractivity contribution is 5.96. The first-order valence-electron chi connectivity index (χ1n) is 8.63. The number of esters is 1. The van der Waals surface area contributed by atoms with E-state index in [1.807, 2.05) is 10.9 Å². The molecule has 158 valence electrons. The third kappa shape index (κ3) is 6.30. The van der Waals surface area contributed by atoms with Crippen LogP contribution in [0.15, 0.2) is 42.5 Å². The summed E-state index contributed by atoms with van der Waals surface area (Å²) >= 11 is 0. The number of benzene rings is 2. The van der Waals surface area contributed by atoms with E-state index in [4.69, 9.17) is 14.2 Å². The zero-order chi connectivity index (χ0) is 22.1. The van der Waals surface area contributed by atoms with E-state index >= 15 is 0 Å². The minimum atomic E-state index is -0.864. The summed E-state index contributed by atoms with van der Waals surface area (Å²) in [7, 11) is 1.38. The van der Waals surface area contributed by atoms with Gasteiger partial charge in [0.1, 0.15) is 5.82 Å². The molecule has 2 aromatic carbocycles. The number of rotatable bonds is 8. The van der Waals surface area contributed by atoms with Crippen LogP contribution < -0.4 is 20.3 Å². The molecule has 0 bridgehead atoms. The second-order valence-electron chi connectivity index (χ2n) is 5.85. The van der Waals surface area contributed by atoms with Crippen LogP contribution in [0.2, 0.25) is 0 Å². The van der Waals surface area contributed by atoms with E-state index in [0.717, 1.165) is 6.07 Å². The fraction of sp³-hybridized carbons (Fsp3) is 0.200. The van der Waals surface area contributed by atoms with Gasteiger partial charge < -0.3 is 14.2 Å². The normalized spacial score (nSPS) is 9.97. The van der Waals surface area contributed by atoms with Crippen molar-refractivity contribution < 1.29 is 37.8 Å². The topological polar surface area (TPSA) is 120 Å². The number of methoxy groups -OCH3 is 1. The van der Waals surface area contributed by atoms with Crippen LogP contribution in [-0.4, -0.2) is 43.9 Å². The molecule has 9 nitrogen and oxygen atoms in total. The van der Waals surface area contributed by atoms with Crippen LogP contribution in [0.3, 0.4) is 0 Å². The molecule has 30 heavy (non-hydrogen) atoms. The van der Waals surface area contributed by atoms with Crippen LogP contribution in [0, 0.1) is 5.82 Å². The molecule has 2 aromatic rings. The number of hydrogen-bond acceptors (Lipinski definition) is 7. The number of hydrogen-bond donors (Lipinski definition) is 2. The summed E-state index contributed by atoms with van der Waals surface area (Å²) in [4.78, 5) is 46.5. The second kappa shape index (κ2) is 10.6. The van der Waals surface area contributed by atoms with Gasteiger partial charge in [0.2, 0.25) is 0 Å². The molecule has 0 aliphatic rings. The zero-order valence-corrected chi connectivity index (χ0v) is 16.2. The third-order valence-corrected chi connectivity index (χ3v) is 3.71. The molecule has 0 saturated heterocycles. The Labute approximate surface area is 171 Å². The minimum absolute atomic E-state index is 0.160. The van der Waals surface area contributed by atoms with Crippen LogP contribution in [0.25, 0.3) is 0 Å². The zero-order valence-electron chi connectivity index (χ0n) is 16.2. The molecule has 0 atom stereocenters. The lowest BCUT2D eigenvalue weighted by molar-refractivity contribution is -0.150. The Hall–Kier alpha value is -3.95. The Bertz CT molecular complexity index is 962. The van der Waals surface area contributed by atoms with Crippen LogP contribution >= 0.6 is 0 Å². The summed E-state index contributed by atoms with van der Waals surface area (Å²) in [6.07, 6.45) is 0. The standard InChI is InChI=1S/C20H19FN2O7/c1-12(24)13-7-8-16(17(9-13)28-2)29-11-19(26)30-10-18(25)22-23-20(27)14-5-3-4-6-15(14)21/h3-9H,10-11H2,1-2H3,(H,22,25)(H,23,27). The number of amides is 2. The molecule has 0 spiro atoms. The second-order valence-corrected chi connectivity index (χ2v) is 5.85. The Balaban J connectivity index is 1.77. The van der Waals surface area contributed by atoms with Gasteiger partial charge >= 0.3 is 5.97 Å². The monoisotopic (exact) mass is 418 g/mol. The number of carbonyl (C=O) groups is 4. The van der Waals surface area contributed by atoms with Gasteiger partial charge in [-0.25, -0.2) is 9.18 Å². The van der Waals surface area contributed by atoms with E-state index < -0.39 is 36.8 Å². The number of ketones is 1. The van der Waals surface area contributed by atoms with Crippen molar-refractivity contribution in [3.05, 3.63) is 59.4 Å². The van der Waals surface area contributed by atoms with Crippen molar-refractivity contribution in [2.45, 2.75) is 6.92 Å². The van der Waals surface area contributed by atoms with Crippen LogP contribution in [0.5, 0.6) is 11.5 Å². The fourth-order valence-electron chi connectivity index (χ4n) is 2.21. The molecule has 0 heterocycles. The van der Waals surface area contributed by atoms with Gasteiger partial charge in [0.05, 0.1) is 12.7 Å². The van der Waals surface area contributed by atoms with Crippen molar-refractivity contribution in [3.8, 4) is 11.5 Å². The van der Waals surface area contributed by atoms with Gasteiger partial charge in [-0.3, -0.25) is 25.2 Å². The van der Waals surface area contributed by atoms with E-state index in [2.05, 4.69) is 0 Å². The highest BCUT2D eigenvalue weighted by atomic mass is 19.1. The summed E-state index contributed by atoms with van der Waals surface area (Å²) in [6, 6.07) is 9.66. The van der Waals surface area contributed by atoms with Crippen molar-refractivity contribution in [2.75, 3.05) is 20.3 Å². The highest BCUT2D eigenvalue weighted by Crippen LogP contribution is 2.28. The quantitative estimate of drug-likeness (QED) is 0.378. The van der Waals surface area contributed by atoms with Crippen molar-refractivity contribution in [1.82, 2.24) is 10.9 Å². The maximum atomic E-state index is 13.5. The van der Waals surface area contributed by atoms with E-state index in [1.165, 1.54) is 50.4 Å². The van der Waals surface area contributed by atoms with Gasteiger partial charge in [-0.15, -0.1) is 0 Å². The first kappa shape index (κ1) is 22.3. The van der Waals surface area contributed by atoms with Crippen molar-refractivity contribution >= 4 is 23.6 Å². The summed E-state index contributed by atoms with van der Waals surface area (Å²) in [5, 5.41) is 0. The highest BCUT2D eigenvalue weighted by Gasteiger charge is 2.14. The fourth-order valence-corrected chi connectivity index (χ4v) is 2.21. The predicted octanol–water partition coefficient (Wildman–Crippen LogP) is 1.42. The summed E-state index contributed by atoms with van der Waals surface area (Å²) in [5.74, 6) is -3.01. The molecule has 0 aliphatic heterocycles. The van der Waals surface area contributed by atoms with Crippen molar-refractivity contribution in [3.63, 3.8) is 0 Å².